The van der Waals surface area contributed by atoms with Crippen molar-refractivity contribution in [3.05, 3.63) is 113 Å². The average Bonchev–Trinajstić information content (AvgIpc) is 2.90. The minimum Gasteiger partial charge on any atom is -0.490 e. The van der Waals surface area contributed by atoms with E-state index >= 15 is 0 Å². The average molecular weight is 502 g/mol. The van der Waals surface area contributed by atoms with E-state index in [0.717, 1.165) is 42.7 Å². The first-order valence-electron chi connectivity index (χ1n) is 12.4. The number of benzene rings is 4. The molecule has 5 rings (SSSR count). The highest BCUT2D eigenvalue weighted by Crippen LogP contribution is 2.41. The van der Waals surface area contributed by atoms with Crippen molar-refractivity contribution in [1.82, 2.24) is 5.32 Å². The molecule has 36 heavy (non-hydrogen) atoms. The molecule has 0 saturated heterocycles. The summed E-state index contributed by atoms with van der Waals surface area (Å²) in [6, 6.07) is 30.7. The van der Waals surface area contributed by atoms with Crippen LogP contribution in [0.3, 0.4) is 0 Å². The van der Waals surface area contributed by atoms with Crippen LogP contribution in [0.5, 0.6) is 5.75 Å². The summed E-state index contributed by atoms with van der Waals surface area (Å²) in [5.74, 6) is 0.147. The first-order chi connectivity index (χ1) is 17.1. The lowest BCUT2D eigenvalue weighted by molar-refractivity contribution is 0.0696. The summed E-state index contributed by atoms with van der Waals surface area (Å²) in [6.45, 7) is 3.13. The van der Waals surface area contributed by atoms with Gasteiger partial charge in [0.2, 0.25) is 0 Å². The molecule has 0 spiro atoms. The molecule has 3 atom stereocenters. The number of hydrogen-bond donors (Lipinski definition) is 2. The van der Waals surface area contributed by atoms with Gasteiger partial charge in [-0.1, -0.05) is 72.8 Å². The third kappa shape index (κ3) is 5.56. The lowest BCUT2D eigenvalue weighted by Gasteiger charge is -2.33. The minimum absolute atomic E-state index is 0. The van der Waals surface area contributed by atoms with E-state index in [1.165, 1.54) is 16.3 Å². The predicted molar refractivity (Wildman–Crippen MR) is 148 cm³/mol. The molecule has 0 aliphatic carbocycles. The fourth-order valence-corrected chi connectivity index (χ4v) is 5.26. The number of aromatic carboxylic acids is 1. The molecule has 1 aliphatic rings. The van der Waals surface area contributed by atoms with Gasteiger partial charge in [0.1, 0.15) is 5.75 Å². The number of nitrogens with one attached hydrogen (secondary N) is 1. The highest BCUT2D eigenvalue weighted by Gasteiger charge is 2.29. The monoisotopic (exact) mass is 501 g/mol. The lowest BCUT2D eigenvalue weighted by Crippen LogP contribution is -2.28. The molecule has 2 N–H and O–H groups in total. The molecule has 5 heteroatoms. The normalized spacial score (nSPS) is 17.5. The molecule has 0 amide bonds. The first kappa shape index (κ1) is 25.7. The van der Waals surface area contributed by atoms with Gasteiger partial charge in [0, 0.05) is 17.5 Å². The Morgan fingerprint density at radius 2 is 1.75 bits per heavy atom. The zero-order valence-corrected chi connectivity index (χ0v) is 21.2. The Hall–Kier alpha value is -3.34. The van der Waals surface area contributed by atoms with Crippen LogP contribution in [0.4, 0.5) is 0 Å². The number of carboxylic acids is 1. The fourth-order valence-electron chi connectivity index (χ4n) is 5.26. The van der Waals surface area contributed by atoms with Crippen LogP contribution in [0.15, 0.2) is 91.0 Å². The molecule has 186 valence electrons. The maximum atomic E-state index is 11.5. The summed E-state index contributed by atoms with van der Waals surface area (Å²) in [7, 11) is 0. The van der Waals surface area contributed by atoms with Gasteiger partial charge in [-0.05, 0) is 72.8 Å². The van der Waals surface area contributed by atoms with Crippen molar-refractivity contribution >= 4 is 29.1 Å². The number of ether oxygens (including phenoxy) is 1. The Kier molecular flexibility index (Phi) is 8.29. The van der Waals surface area contributed by atoms with Crippen molar-refractivity contribution in [1.29, 1.82) is 0 Å². The first-order valence-corrected chi connectivity index (χ1v) is 12.4. The molecule has 4 aromatic rings. The Balaban J connectivity index is 0.00000304. The van der Waals surface area contributed by atoms with Crippen molar-refractivity contribution < 1.29 is 14.6 Å². The van der Waals surface area contributed by atoms with Crippen molar-refractivity contribution in [2.24, 2.45) is 0 Å². The fraction of sp³-hybridized carbons (Fsp3) is 0.258. The third-order valence-corrected chi connectivity index (χ3v) is 7.07. The third-order valence-electron chi connectivity index (χ3n) is 7.07. The van der Waals surface area contributed by atoms with Gasteiger partial charge in [-0.2, -0.15) is 0 Å². The zero-order chi connectivity index (χ0) is 24.2. The standard InChI is InChI=1S/C31H31NO3.ClH/c1-21(26-16-7-10-22-9-2-3-14-27(22)26)32-18-8-13-25-20-29(28-15-4-5-17-30(28)35-25)23-11-6-12-24(19-23)31(33)34;/h2-7,9-12,14-17,19,21,25,29,32H,8,13,18,20H2,1H3,(H,33,34);1H/t21-,25?,29?;/m1./s1. The topological polar surface area (TPSA) is 58.6 Å². The highest BCUT2D eigenvalue weighted by atomic mass is 35.5. The molecule has 1 heterocycles. The van der Waals surface area contributed by atoms with Gasteiger partial charge in [-0.15, -0.1) is 12.4 Å². The second-order valence-electron chi connectivity index (χ2n) is 9.38. The molecule has 2 unspecified atom stereocenters. The SMILES string of the molecule is C[C@@H](NCCCC1CC(c2cccc(C(=O)O)c2)c2ccccc2O1)c1cccc2ccccc12.Cl. The predicted octanol–water partition coefficient (Wildman–Crippen LogP) is 7.37. The summed E-state index contributed by atoms with van der Waals surface area (Å²) in [5, 5.41) is 15.7. The van der Waals surface area contributed by atoms with Gasteiger partial charge in [-0.3, -0.25) is 0 Å². The Labute approximate surface area is 218 Å². The minimum atomic E-state index is -0.893. The second-order valence-corrected chi connectivity index (χ2v) is 9.38. The van der Waals surface area contributed by atoms with Crippen molar-refractivity contribution in [3.8, 4) is 5.75 Å². The van der Waals surface area contributed by atoms with Crippen LogP contribution in [0.25, 0.3) is 10.8 Å². The van der Waals surface area contributed by atoms with E-state index in [9.17, 15) is 9.90 Å². The molecule has 4 aromatic carbocycles. The number of rotatable bonds is 8. The molecular formula is C31H32ClNO3. The van der Waals surface area contributed by atoms with Crippen LogP contribution in [0, 0.1) is 0 Å². The molecule has 0 radical (unpaired) electrons. The molecule has 0 bridgehead atoms. The number of para-hydroxylation sites is 1. The van der Waals surface area contributed by atoms with E-state index in [4.69, 9.17) is 4.74 Å². The Morgan fingerprint density at radius 3 is 2.61 bits per heavy atom. The summed E-state index contributed by atoms with van der Waals surface area (Å²) in [5.41, 5.74) is 3.82. The number of carbonyl (C=O) groups is 1. The molecule has 1 aliphatic heterocycles. The van der Waals surface area contributed by atoms with Gasteiger partial charge >= 0.3 is 5.97 Å². The highest BCUT2D eigenvalue weighted by molar-refractivity contribution is 5.88. The number of carboxylic acid groups (broad SMARTS) is 1. The number of fused-ring (bicyclic) bond motifs is 2. The Bertz CT molecular complexity index is 1330. The van der Waals surface area contributed by atoms with Crippen molar-refractivity contribution in [3.63, 3.8) is 0 Å². The van der Waals surface area contributed by atoms with Crippen molar-refractivity contribution in [2.75, 3.05) is 6.54 Å². The smallest absolute Gasteiger partial charge is 0.335 e. The number of hydrogen-bond acceptors (Lipinski definition) is 3. The van der Waals surface area contributed by atoms with Crippen LogP contribution in [0.2, 0.25) is 0 Å². The largest absolute Gasteiger partial charge is 0.490 e. The molecule has 4 nitrogen and oxygen atoms in total. The Morgan fingerprint density at radius 1 is 1.00 bits per heavy atom. The van der Waals surface area contributed by atoms with Crippen LogP contribution in [0.1, 0.15) is 65.2 Å². The van der Waals surface area contributed by atoms with E-state index in [0.29, 0.717) is 5.56 Å². The van der Waals surface area contributed by atoms with Gasteiger partial charge in [-0.25, -0.2) is 4.79 Å². The lowest BCUT2D eigenvalue weighted by atomic mass is 9.83. The van der Waals surface area contributed by atoms with Crippen LogP contribution in [-0.4, -0.2) is 23.7 Å². The second kappa shape index (κ2) is 11.6. The molecule has 0 saturated carbocycles. The maximum absolute atomic E-state index is 11.5. The number of halogens is 1. The van der Waals surface area contributed by atoms with E-state index in [-0.39, 0.29) is 30.5 Å². The van der Waals surface area contributed by atoms with E-state index in [1.54, 1.807) is 12.1 Å². The van der Waals surface area contributed by atoms with Crippen LogP contribution in [-0.2, 0) is 0 Å². The molecule has 0 fully saturated rings. The van der Waals surface area contributed by atoms with Gasteiger partial charge in [0.15, 0.2) is 0 Å². The van der Waals surface area contributed by atoms with E-state index in [1.807, 2.05) is 30.3 Å². The maximum Gasteiger partial charge on any atom is 0.335 e. The summed E-state index contributed by atoms with van der Waals surface area (Å²) in [6.07, 6.45) is 2.89. The quantitative estimate of drug-likeness (QED) is 0.247. The van der Waals surface area contributed by atoms with Crippen molar-refractivity contribution in [2.45, 2.75) is 44.2 Å². The van der Waals surface area contributed by atoms with Gasteiger partial charge in [0.05, 0.1) is 11.7 Å². The van der Waals surface area contributed by atoms with E-state index < -0.39 is 5.97 Å². The summed E-state index contributed by atoms with van der Waals surface area (Å²) < 4.78 is 6.37. The van der Waals surface area contributed by atoms with Crippen LogP contribution < -0.4 is 10.1 Å². The summed E-state index contributed by atoms with van der Waals surface area (Å²) in [4.78, 5) is 11.5. The van der Waals surface area contributed by atoms with Gasteiger partial charge < -0.3 is 15.2 Å². The zero-order valence-electron chi connectivity index (χ0n) is 20.4. The van der Waals surface area contributed by atoms with Gasteiger partial charge in [0.25, 0.3) is 0 Å². The van der Waals surface area contributed by atoms with Crippen LogP contribution >= 0.6 is 12.4 Å². The molecular weight excluding hydrogens is 470 g/mol. The summed E-state index contributed by atoms with van der Waals surface area (Å²) >= 11 is 0. The van der Waals surface area contributed by atoms with E-state index in [2.05, 4.69) is 60.8 Å². The molecule has 0 aromatic heterocycles.